The van der Waals surface area contributed by atoms with E-state index in [1.807, 2.05) is 35.3 Å². The number of amides is 1. The Morgan fingerprint density at radius 3 is 2.56 bits per heavy atom. The Morgan fingerprint density at radius 2 is 1.89 bits per heavy atom. The lowest BCUT2D eigenvalue weighted by atomic mass is 10.1. The summed E-state index contributed by atoms with van der Waals surface area (Å²) in [5.74, 6) is -0.117. The monoisotopic (exact) mass is 248 g/mol. The minimum Gasteiger partial charge on any atom is -0.388 e. The smallest absolute Gasteiger partial charge is 0.237 e. The van der Waals surface area contributed by atoms with Crippen LogP contribution in [0.5, 0.6) is 0 Å². The first kappa shape index (κ1) is 13.1. The standard InChI is InChI=1S/C14H20N2O2/c17-13(12-7-3-1-4-8-12)11-14(18)15-16-9-5-2-6-10-16/h1,3-4,7-8,13,17H,2,5-6,9-11H2,(H,15,18). The molecule has 0 spiro atoms. The van der Waals surface area contributed by atoms with Gasteiger partial charge in [0.2, 0.25) is 5.91 Å². The van der Waals surface area contributed by atoms with Crippen molar-refractivity contribution in [2.24, 2.45) is 0 Å². The molecule has 4 nitrogen and oxygen atoms in total. The Labute approximate surface area is 108 Å². The molecule has 1 fully saturated rings. The number of hydrogen-bond donors (Lipinski definition) is 2. The number of benzene rings is 1. The average molecular weight is 248 g/mol. The number of rotatable bonds is 4. The number of aliphatic hydroxyl groups excluding tert-OH is 1. The van der Waals surface area contributed by atoms with Crippen LogP contribution in [0, 0.1) is 0 Å². The van der Waals surface area contributed by atoms with Crippen molar-refractivity contribution in [3.8, 4) is 0 Å². The highest BCUT2D eigenvalue weighted by molar-refractivity contribution is 5.76. The highest BCUT2D eigenvalue weighted by atomic mass is 16.3. The van der Waals surface area contributed by atoms with Crippen LogP contribution in [0.15, 0.2) is 30.3 Å². The normalized spacial score (nSPS) is 18.3. The molecule has 0 radical (unpaired) electrons. The Morgan fingerprint density at radius 1 is 1.22 bits per heavy atom. The molecule has 1 saturated heterocycles. The summed E-state index contributed by atoms with van der Waals surface area (Å²) in [6.45, 7) is 1.82. The lowest BCUT2D eigenvalue weighted by molar-refractivity contribution is -0.128. The SMILES string of the molecule is O=C(CC(O)c1ccccc1)NN1CCCCC1. The molecule has 1 aliphatic rings. The molecule has 1 aromatic carbocycles. The molecule has 4 heteroatoms. The third-order valence-corrected chi connectivity index (χ3v) is 3.20. The van der Waals surface area contributed by atoms with Crippen LogP contribution < -0.4 is 5.43 Å². The maximum Gasteiger partial charge on any atom is 0.237 e. The van der Waals surface area contributed by atoms with Crippen LogP contribution in [-0.4, -0.2) is 29.1 Å². The third-order valence-electron chi connectivity index (χ3n) is 3.20. The molecule has 2 N–H and O–H groups in total. The van der Waals surface area contributed by atoms with E-state index in [-0.39, 0.29) is 12.3 Å². The molecule has 2 rings (SSSR count). The second-order valence-corrected chi connectivity index (χ2v) is 4.71. The van der Waals surface area contributed by atoms with E-state index in [9.17, 15) is 9.90 Å². The predicted molar refractivity (Wildman–Crippen MR) is 69.6 cm³/mol. The average Bonchev–Trinajstić information content (AvgIpc) is 2.40. The first-order valence-electron chi connectivity index (χ1n) is 6.53. The number of hydrogen-bond acceptors (Lipinski definition) is 3. The molecule has 1 atom stereocenters. The molecule has 0 aromatic heterocycles. The van der Waals surface area contributed by atoms with Crippen molar-refractivity contribution in [3.63, 3.8) is 0 Å². The highest BCUT2D eigenvalue weighted by Crippen LogP contribution is 2.16. The summed E-state index contributed by atoms with van der Waals surface area (Å²) in [5.41, 5.74) is 3.64. The fraction of sp³-hybridized carbons (Fsp3) is 0.500. The highest BCUT2D eigenvalue weighted by Gasteiger charge is 2.16. The summed E-state index contributed by atoms with van der Waals surface area (Å²) in [6.07, 6.45) is 2.87. The number of aliphatic hydroxyl groups is 1. The van der Waals surface area contributed by atoms with Gasteiger partial charge in [0.1, 0.15) is 0 Å². The van der Waals surface area contributed by atoms with Gasteiger partial charge in [-0.3, -0.25) is 10.2 Å². The van der Waals surface area contributed by atoms with E-state index in [2.05, 4.69) is 5.43 Å². The second kappa shape index (κ2) is 6.52. The predicted octanol–water partition coefficient (Wildman–Crippen LogP) is 1.63. The van der Waals surface area contributed by atoms with Gasteiger partial charge in [0.15, 0.2) is 0 Å². The van der Waals surface area contributed by atoms with Crippen molar-refractivity contribution in [3.05, 3.63) is 35.9 Å². The number of nitrogens with one attached hydrogen (secondary N) is 1. The van der Waals surface area contributed by atoms with Crippen LogP contribution in [0.3, 0.4) is 0 Å². The summed E-state index contributed by atoms with van der Waals surface area (Å²) in [6, 6.07) is 9.28. The topological polar surface area (TPSA) is 52.6 Å². The van der Waals surface area contributed by atoms with Crippen molar-refractivity contribution >= 4 is 5.91 Å². The molecular formula is C14H20N2O2. The van der Waals surface area contributed by atoms with Crippen molar-refractivity contribution in [2.75, 3.05) is 13.1 Å². The molecule has 1 unspecified atom stereocenters. The van der Waals surface area contributed by atoms with Gasteiger partial charge in [-0.15, -0.1) is 0 Å². The molecule has 1 heterocycles. The van der Waals surface area contributed by atoms with Gasteiger partial charge in [0, 0.05) is 13.1 Å². The van der Waals surface area contributed by atoms with E-state index in [1.165, 1.54) is 6.42 Å². The maximum absolute atomic E-state index is 11.8. The Bertz CT molecular complexity index is 375. The number of nitrogens with zero attached hydrogens (tertiary/aromatic N) is 1. The molecule has 18 heavy (non-hydrogen) atoms. The summed E-state index contributed by atoms with van der Waals surface area (Å²) in [4.78, 5) is 11.8. The zero-order chi connectivity index (χ0) is 12.8. The van der Waals surface area contributed by atoms with E-state index in [4.69, 9.17) is 0 Å². The van der Waals surface area contributed by atoms with Gasteiger partial charge in [-0.2, -0.15) is 0 Å². The molecule has 0 bridgehead atoms. The first-order valence-corrected chi connectivity index (χ1v) is 6.53. The van der Waals surface area contributed by atoms with Crippen LogP contribution in [0.25, 0.3) is 0 Å². The van der Waals surface area contributed by atoms with Crippen LogP contribution >= 0.6 is 0 Å². The van der Waals surface area contributed by atoms with Crippen LogP contribution in [0.1, 0.15) is 37.4 Å². The van der Waals surface area contributed by atoms with Crippen LogP contribution in [-0.2, 0) is 4.79 Å². The van der Waals surface area contributed by atoms with Gasteiger partial charge in [-0.05, 0) is 18.4 Å². The third kappa shape index (κ3) is 3.82. The van der Waals surface area contributed by atoms with E-state index in [0.29, 0.717) is 0 Å². The van der Waals surface area contributed by atoms with Crippen LogP contribution in [0.4, 0.5) is 0 Å². The maximum atomic E-state index is 11.8. The van der Waals surface area contributed by atoms with Gasteiger partial charge >= 0.3 is 0 Å². The number of carbonyl (C=O) groups excluding carboxylic acids is 1. The summed E-state index contributed by atoms with van der Waals surface area (Å²) in [7, 11) is 0. The molecule has 0 saturated carbocycles. The Balaban J connectivity index is 1.80. The van der Waals surface area contributed by atoms with E-state index >= 15 is 0 Å². The summed E-state index contributed by atoms with van der Waals surface area (Å²) < 4.78 is 0. The zero-order valence-electron chi connectivity index (χ0n) is 10.5. The molecular weight excluding hydrogens is 228 g/mol. The minimum atomic E-state index is -0.726. The summed E-state index contributed by atoms with van der Waals surface area (Å²) in [5, 5.41) is 11.9. The largest absolute Gasteiger partial charge is 0.388 e. The van der Waals surface area contributed by atoms with Gasteiger partial charge in [-0.1, -0.05) is 36.8 Å². The Kier molecular flexibility index (Phi) is 4.73. The molecule has 1 aromatic rings. The van der Waals surface area contributed by atoms with E-state index in [0.717, 1.165) is 31.5 Å². The van der Waals surface area contributed by atoms with E-state index in [1.54, 1.807) is 0 Å². The lowest BCUT2D eigenvalue weighted by Crippen LogP contribution is -2.45. The van der Waals surface area contributed by atoms with Crippen LogP contribution in [0.2, 0.25) is 0 Å². The van der Waals surface area contributed by atoms with Crippen molar-refractivity contribution in [1.82, 2.24) is 10.4 Å². The zero-order valence-corrected chi connectivity index (χ0v) is 10.5. The van der Waals surface area contributed by atoms with Crippen molar-refractivity contribution in [1.29, 1.82) is 0 Å². The quantitative estimate of drug-likeness (QED) is 0.851. The minimum absolute atomic E-state index is 0.112. The molecule has 98 valence electrons. The fourth-order valence-electron chi connectivity index (χ4n) is 2.20. The van der Waals surface area contributed by atoms with Crippen molar-refractivity contribution < 1.29 is 9.90 Å². The van der Waals surface area contributed by atoms with Gasteiger partial charge in [0.05, 0.1) is 12.5 Å². The molecule has 1 aliphatic heterocycles. The molecule has 1 amide bonds. The van der Waals surface area contributed by atoms with Gasteiger partial charge < -0.3 is 5.11 Å². The number of piperidine rings is 1. The number of hydrazine groups is 1. The van der Waals surface area contributed by atoms with Gasteiger partial charge in [0.25, 0.3) is 0 Å². The first-order chi connectivity index (χ1) is 8.75. The Hall–Kier alpha value is -1.39. The fourth-order valence-corrected chi connectivity index (χ4v) is 2.20. The van der Waals surface area contributed by atoms with Gasteiger partial charge in [-0.25, -0.2) is 5.01 Å². The van der Waals surface area contributed by atoms with E-state index < -0.39 is 6.10 Å². The molecule has 0 aliphatic carbocycles. The van der Waals surface area contributed by atoms with Crippen molar-refractivity contribution in [2.45, 2.75) is 31.8 Å². The number of carbonyl (C=O) groups is 1. The lowest BCUT2D eigenvalue weighted by Gasteiger charge is -2.27. The summed E-state index contributed by atoms with van der Waals surface area (Å²) >= 11 is 0. The second-order valence-electron chi connectivity index (χ2n) is 4.71.